The van der Waals surface area contributed by atoms with Crippen LogP contribution in [0.3, 0.4) is 0 Å². The van der Waals surface area contributed by atoms with Crippen LogP contribution < -0.4 is 0 Å². The Morgan fingerprint density at radius 2 is 2.05 bits per heavy atom. The third-order valence-corrected chi connectivity index (χ3v) is 5.43. The highest BCUT2D eigenvalue weighted by Gasteiger charge is 2.34. The van der Waals surface area contributed by atoms with Crippen LogP contribution in [0.4, 0.5) is 0 Å². The van der Waals surface area contributed by atoms with Crippen LogP contribution in [0.25, 0.3) is 0 Å². The fraction of sp³-hybridized carbons (Fsp3) is 0.600. The lowest BCUT2D eigenvalue weighted by molar-refractivity contribution is 0.214. The minimum Gasteiger partial charge on any atom is -0.508 e. The number of benzene rings is 1. The molecule has 2 saturated heterocycles. The summed E-state index contributed by atoms with van der Waals surface area (Å²) in [6, 6.07) is 7.02. The second-order valence-corrected chi connectivity index (χ2v) is 6.70. The fourth-order valence-electron chi connectivity index (χ4n) is 3.45. The van der Waals surface area contributed by atoms with Crippen LogP contribution in [0.2, 0.25) is 0 Å². The molecular weight excluding hydrogens is 304 g/mol. The summed E-state index contributed by atoms with van der Waals surface area (Å²) in [5, 5.41) is 9.62. The molecule has 2 aliphatic heterocycles. The van der Waals surface area contributed by atoms with Crippen molar-refractivity contribution in [1.82, 2.24) is 9.80 Å². The predicted molar refractivity (Wildman–Crippen MR) is 80.3 cm³/mol. The Kier molecular flexibility index (Phi) is 3.83. The van der Waals surface area contributed by atoms with E-state index in [2.05, 4.69) is 32.8 Å². The number of phenolic OH excluding ortho intramolecular Hbond substituents is 1. The third kappa shape index (κ3) is 2.81. The zero-order chi connectivity index (χ0) is 13.4. The van der Waals surface area contributed by atoms with Gasteiger partial charge in [0, 0.05) is 36.2 Å². The first-order valence-corrected chi connectivity index (χ1v) is 7.84. The van der Waals surface area contributed by atoms with Crippen molar-refractivity contribution >= 4 is 15.9 Å². The first-order chi connectivity index (χ1) is 9.13. The average Bonchev–Trinajstić information content (AvgIpc) is 2.62. The number of aromatic hydroxyl groups is 1. The van der Waals surface area contributed by atoms with Gasteiger partial charge in [0.25, 0.3) is 0 Å². The number of halogens is 1. The summed E-state index contributed by atoms with van der Waals surface area (Å²) in [6.07, 6.45) is 3.97. The molecular formula is C15H21BrN2O. The molecule has 0 aromatic heterocycles. The lowest BCUT2D eigenvalue weighted by Crippen LogP contribution is -2.36. The first-order valence-electron chi connectivity index (χ1n) is 7.05. The molecule has 19 heavy (non-hydrogen) atoms. The lowest BCUT2D eigenvalue weighted by atomic mass is 10.1. The smallest absolute Gasteiger partial charge is 0.115 e. The van der Waals surface area contributed by atoms with Gasteiger partial charge in [-0.2, -0.15) is 0 Å². The van der Waals surface area contributed by atoms with Crippen LogP contribution in [0.15, 0.2) is 22.7 Å². The summed E-state index contributed by atoms with van der Waals surface area (Å²) >= 11 is 3.58. The molecule has 3 nitrogen and oxygen atoms in total. The SMILES string of the molecule is CN1C2CCC1CN(Cc1cc(O)ccc1Br)CC2. The second-order valence-electron chi connectivity index (χ2n) is 5.85. The molecule has 1 aromatic carbocycles. The van der Waals surface area contributed by atoms with E-state index in [4.69, 9.17) is 0 Å². The van der Waals surface area contributed by atoms with E-state index < -0.39 is 0 Å². The van der Waals surface area contributed by atoms with Gasteiger partial charge < -0.3 is 5.11 Å². The summed E-state index contributed by atoms with van der Waals surface area (Å²) in [6.45, 7) is 3.23. The summed E-state index contributed by atoms with van der Waals surface area (Å²) < 4.78 is 1.09. The first kappa shape index (κ1) is 13.4. The maximum atomic E-state index is 9.62. The third-order valence-electron chi connectivity index (χ3n) is 4.66. The maximum Gasteiger partial charge on any atom is 0.115 e. The number of phenols is 1. The molecule has 1 aromatic rings. The molecule has 2 fully saturated rings. The van der Waals surface area contributed by atoms with Gasteiger partial charge in [-0.3, -0.25) is 9.80 Å². The summed E-state index contributed by atoms with van der Waals surface area (Å²) in [4.78, 5) is 5.09. The van der Waals surface area contributed by atoms with E-state index in [1.54, 1.807) is 6.07 Å². The van der Waals surface area contributed by atoms with Gasteiger partial charge in [0.2, 0.25) is 0 Å². The van der Waals surface area contributed by atoms with Crippen LogP contribution in [0, 0.1) is 0 Å². The molecule has 1 N–H and O–H groups in total. The van der Waals surface area contributed by atoms with Crippen LogP contribution in [0.1, 0.15) is 24.8 Å². The van der Waals surface area contributed by atoms with Crippen molar-refractivity contribution in [2.75, 3.05) is 20.1 Å². The van der Waals surface area contributed by atoms with Gasteiger partial charge in [0.05, 0.1) is 0 Å². The molecule has 4 heteroatoms. The minimum absolute atomic E-state index is 0.353. The van der Waals surface area contributed by atoms with Crippen molar-refractivity contribution < 1.29 is 5.11 Å². The molecule has 3 rings (SSSR count). The highest BCUT2D eigenvalue weighted by Crippen LogP contribution is 2.30. The molecule has 0 radical (unpaired) electrons. The van der Waals surface area contributed by atoms with Crippen LogP contribution >= 0.6 is 15.9 Å². The van der Waals surface area contributed by atoms with Crippen LogP contribution in [-0.4, -0.2) is 47.1 Å². The predicted octanol–water partition coefficient (Wildman–Crippen LogP) is 2.82. The van der Waals surface area contributed by atoms with Crippen molar-refractivity contribution in [3.05, 3.63) is 28.2 Å². The Balaban J connectivity index is 1.72. The van der Waals surface area contributed by atoms with Gasteiger partial charge in [-0.25, -0.2) is 0 Å². The van der Waals surface area contributed by atoms with Gasteiger partial charge >= 0.3 is 0 Å². The fourth-order valence-corrected chi connectivity index (χ4v) is 3.82. The summed E-state index contributed by atoms with van der Waals surface area (Å²) in [7, 11) is 2.27. The molecule has 0 amide bonds. The normalized spacial score (nSPS) is 28.5. The van der Waals surface area contributed by atoms with Crippen molar-refractivity contribution in [3.8, 4) is 5.75 Å². The number of hydrogen-bond donors (Lipinski definition) is 1. The minimum atomic E-state index is 0.353. The highest BCUT2D eigenvalue weighted by atomic mass is 79.9. The van der Waals surface area contributed by atoms with Gasteiger partial charge in [-0.1, -0.05) is 15.9 Å². The summed E-state index contributed by atoms with van der Waals surface area (Å²) in [5.41, 5.74) is 1.18. The average molecular weight is 325 g/mol. The molecule has 0 aliphatic carbocycles. The van der Waals surface area contributed by atoms with Gasteiger partial charge in [-0.15, -0.1) is 0 Å². The summed E-state index contributed by atoms with van der Waals surface area (Å²) in [5.74, 6) is 0.353. The second kappa shape index (κ2) is 5.43. The van der Waals surface area contributed by atoms with E-state index in [-0.39, 0.29) is 0 Å². The Labute approximate surface area is 123 Å². The van der Waals surface area contributed by atoms with Crippen molar-refractivity contribution in [2.24, 2.45) is 0 Å². The largest absolute Gasteiger partial charge is 0.508 e. The number of likely N-dealkylation sites (N-methyl/N-ethyl adjacent to an activating group) is 1. The Morgan fingerprint density at radius 3 is 2.89 bits per heavy atom. The number of likely N-dealkylation sites (tertiary alicyclic amines) is 1. The van der Waals surface area contributed by atoms with E-state index in [0.717, 1.165) is 30.1 Å². The van der Waals surface area contributed by atoms with Gasteiger partial charge in [0.15, 0.2) is 0 Å². The van der Waals surface area contributed by atoms with Gasteiger partial charge in [-0.05, 0) is 50.1 Å². The number of nitrogens with zero attached hydrogens (tertiary/aromatic N) is 2. The van der Waals surface area contributed by atoms with Crippen molar-refractivity contribution in [3.63, 3.8) is 0 Å². The van der Waals surface area contributed by atoms with Crippen molar-refractivity contribution in [2.45, 2.75) is 37.9 Å². The standard InChI is InChI=1S/C15H21BrN2O/c1-17-12-2-3-13(17)10-18(7-6-12)9-11-8-14(19)4-5-15(11)16/h4-5,8,12-13,19H,2-3,6-7,9-10H2,1H3. The van der Waals surface area contributed by atoms with Gasteiger partial charge in [0.1, 0.15) is 5.75 Å². The highest BCUT2D eigenvalue weighted by molar-refractivity contribution is 9.10. The van der Waals surface area contributed by atoms with E-state index in [1.807, 2.05) is 12.1 Å². The van der Waals surface area contributed by atoms with Crippen LogP contribution in [-0.2, 0) is 6.54 Å². The topological polar surface area (TPSA) is 26.7 Å². The number of rotatable bonds is 2. The lowest BCUT2D eigenvalue weighted by Gasteiger charge is -2.26. The number of hydrogen-bond acceptors (Lipinski definition) is 3. The molecule has 2 heterocycles. The monoisotopic (exact) mass is 324 g/mol. The molecule has 104 valence electrons. The molecule has 0 saturated carbocycles. The Hall–Kier alpha value is -0.580. The molecule has 0 spiro atoms. The van der Waals surface area contributed by atoms with E-state index in [1.165, 1.54) is 24.8 Å². The Bertz CT molecular complexity index is 465. The van der Waals surface area contributed by atoms with E-state index >= 15 is 0 Å². The molecule has 2 aliphatic rings. The number of fused-ring (bicyclic) bond motifs is 2. The zero-order valence-corrected chi connectivity index (χ0v) is 12.9. The maximum absolute atomic E-state index is 9.62. The molecule has 2 atom stereocenters. The molecule has 2 unspecified atom stereocenters. The van der Waals surface area contributed by atoms with Crippen molar-refractivity contribution in [1.29, 1.82) is 0 Å². The zero-order valence-electron chi connectivity index (χ0n) is 11.3. The molecule has 2 bridgehead atoms. The van der Waals surface area contributed by atoms with E-state index in [9.17, 15) is 5.11 Å². The quantitative estimate of drug-likeness (QED) is 0.906. The Morgan fingerprint density at radius 1 is 1.26 bits per heavy atom. The van der Waals surface area contributed by atoms with E-state index in [0.29, 0.717) is 11.8 Å². The van der Waals surface area contributed by atoms with Crippen LogP contribution in [0.5, 0.6) is 5.75 Å².